The van der Waals surface area contributed by atoms with Crippen LogP contribution < -0.4 is 16.0 Å². The van der Waals surface area contributed by atoms with Gasteiger partial charge in [0.25, 0.3) is 0 Å². The number of hydrogen-bond donors (Lipinski definition) is 4. The van der Waals surface area contributed by atoms with Crippen molar-refractivity contribution in [3.8, 4) is 22.8 Å². The Labute approximate surface area is 196 Å². The second-order valence-electron chi connectivity index (χ2n) is 9.19. The molecular formula is C24H27N7O3. The Hall–Kier alpha value is -3.34. The first-order chi connectivity index (χ1) is 16.6. The van der Waals surface area contributed by atoms with Gasteiger partial charge in [-0.25, -0.2) is 19.7 Å². The molecule has 5 N–H and O–H groups in total. The van der Waals surface area contributed by atoms with Crippen LogP contribution in [-0.4, -0.2) is 76.9 Å². The van der Waals surface area contributed by atoms with E-state index < -0.39 is 5.97 Å². The maximum absolute atomic E-state index is 12.3. The first-order valence-corrected chi connectivity index (χ1v) is 11.6. The lowest BCUT2D eigenvalue weighted by Crippen LogP contribution is -2.61. The number of fused-ring (bicyclic) bond motifs is 3. The molecule has 0 bridgehead atoms. The summed E-state index contributed by atoms with van der Waals surface area (Å²) in [6.45, 7) is 4.76. The van der Waals surface area contributed by atoms with Crippen molar-refractivity contribution in [1.82, 2.24) is 25.3 Å². The standard InChI is InChI=1S/C24H27N7O3/c25-11-24(12-26-13-24)21-18(23(32)33)16-3-1-14-9-28-22(30-19(14)20(16)29-21)15-2-4-17(27-10-15)31-5-7-34-8-6-31/h2,4,9-10,26,29H,1,3,5-8,11-13,25H2,(H,32,33). The molecule has 0 atom stereocenters. The Morgan fingerprint density at radius 3 is 2.65 bits per heavy atom. The Kier molecular flexibility index (Phi) is 5.09. The van der Waals surface area contributed by atoms with E-state index in [-0.39, 0.29) is 5.41 Å². The second kappa shape index (κ2) is 8.15. The number of aryl methyl sites for hydroxylation is 1. The summed E-state index contributed by atoms with van der Waals surface area (Å²) in [5.74, 6) is 0.556. The maximum Gasteiger partial charge on any atom is 0.337 e. The summed E-state index contributed by atoms with van der Waals surface area (Å²) in [5, 5.41) is 13.3. The number of nitrogens with zero attached hydrogens (tertiary/aromatic N) is 4. The average Bonchev–Trinajstić information content (AvgIpc) is 3.25. The zero-order valence-electron chi connectivity index (χ0n) is 18.8. The molecule has 1 aliphatic carbocycles. The number of rotatable bonds is 5. The number of carbonyl (C=O) groups is 1. The molecule has 0 aromatic carbocycles. The third kappa shape index (κ3) is 3.29. The Morgan fingerprint density at radius 2 is 2.00 bits per heavy atom. The van der Waals surface area contributed by atoms with Crippen LogP contribution in [0.3, 0.4) is 0 Å². The third-order valence-corrected chi connectivity index (χ3v) is 7.25. The van der Waals surface area contributed by atoms with Gasteiger partial charge in [0.05, 0.1) is 30.2 Å². The van der Waals surface area contributed by atoms with Crippen LogP contribution in [-0.2, 0) is 23.0 Å². The second-order valence-corrected chi connectivity index (χ2v) is 9.19. The van der Waals surface area contributed by atoms with Crippen LogP contribution in [0.4, 0.5) is 5.82 Å². The number of hydrogen-bond acceptors (Lipinski definition) is 8. The van der Waals surface area contributed by atoms with Gasteiger partial charge in [-0.3, -0.25) is 0 Å². The molecule has 2 saturated heterocycles. The van der Waals surface area contributed by atoms with Gasteiger partial charge in [-0.2, -0.15) is 0 Å². The molecule has 2 fully saturated rings. The van der Waals surface area contributed by atoms with Crippen molar-refractivity contribution < 1.29 is 14.6 Å². The summed E-state index contributed by atoms with van der Waals surface area (Å²) in [4.78, 5) is 32.0. The summed E-state index contributed by atoms with van der Waals surface area (Å²) in [6, 6.07) is 3.97. The number of aromatic amines is 1. The Balaban J connectivity index is 1.39. The van der Waals surface area contributed by atoms with Crippen LogP contribution in [0.15, 0.2) is 24.5 Å². The summed E-state index contributed by atoms with van der Waals surface area (Å²) in [5.41, 5.74) is 10.9. The van der Waals surface area contributed by atoms with Crippen molar-refractivity contribution >= 4 is 11.8 Å². The molecule has 0 spiro atoms. The van der Waals surface area contributed by atoms with Crippen molar-refractivity contribution in [2.75, 3.05) is 50.8 Å². The van der Waals surface area contributed by atoms with Crippen LogP contribution >= 0.6 is 0 Å². The Morgan fingerprint density at radius 1 is 1.18 bits per heavy atom. The monoisotopic (exact) mass is 461 g/mol. The minimum atomic E-state index is -0.923. The van der Waals surface area contributed by atoms with E-state index in [9.17, 15) is 9.90 Å². The number of H-pyrrole nitrogens is 1. The molecule has 0 saturated carbocycles. The van der Waals surface area contributed by atoms with Gasteiger partial charge in [-0.05, 0) is 36.1 Å². The fourth-order valence-electron chi connectivity index (χ4n) is 5.18. The van der Waals surface area contributed by atoms with Crippen molar-refractivity contribution in [3.63, 3.8) is 0 Å². The van der Waals surface area contributed by atoms with E-state index in [4.69, 9.17) is 15.5 Å². The number of anilines is 1. The first-order valence-electron chi connectivity index (χ1n) is 11.6. The van der Waals surface area contributed by atoms with Crippen molar-refractivity contribution in [2.45, 2.75) is 18.3 Å². The minimum absolute atomic E-state index is 0.351. The largest absolute Gasteiger partial charge is 0.478 e. The molecule has 10 heteroatoms. The average molecular weight is 462 g/mol. The predicted octanol–water partition coefficient (Wildman–Crippen LogP) is 0.967. The van der Waals surface area contributed by atoms with Gasteiger partial charge in [0.2, 0.25) is 0 Å². The molecule has 10 nitrogen and oxygen atoms in total. The van der Waals surface area contributed by atoms with E-state index in [0.29, 0.717) is 62.8 Å². The highest BCUT2D eigenvalue weighted by atomic mass is 16.5. The molecule has 0 unspecified atom stereocenters. The summed E-state index contributed by atoms with van der Waals surface area (Å²) in [7, 11) is 0. The third-order valence-electron chi connectivity index (χ3n) is 7.25. The maximum atomic E-state index is 12.3. The van der Waals surface area contributed by atoms with Crippen molar-refractivity contribution in [2.24, 2.45) is 5.73 Å². The number of morpholine rings is 1. The van der Waals surface area contributed by atoms with Crippen LogP contribution in [0, 0.1) is 0 Å². The zero-order valence-corrected chi connectivity index (χ0v) is 18.8. The molecule has 0 radical (unpaired) electrons. The fraction of sp³-hybridized carbons (Fsp3) is 0.417. The lowest BCUT2D eigenvalue weighted by molar-refractivity contribution is 0.0691. The molecule has 3 aliphatic rings. The smallest absolute Gasteiger partial charge is 0.337 e. The molecular weight excluding hydrogens is 434 g/mol. The molecule has 5 heterocycles. The van der Waals surface area contributed by atoms with E-state index in [0.717, 1.165) is 47.0 Å². The predicted molar refractivity (Wildman–Crippen MR) is 126 cm³/mol. The van der Waals surface area contributed by atoms with Gasteiger partial charge in [-0.15, -0.1) is 0 Å². The van der Waals surface area contributed by atoms with E-state index in [1.54, 1.807) is 6.20 Å². The number of carboxylic acid groups (broad SMARTS) is 1. The quantitative estimate of drug-likeness (QED) is 0.437. The van der Waals surface area contributed by atoms with Crippen LogP contribution in [0.5, 0.6) is 0 Å². The molecule has 0 amide bonds. The molecule has 3 aromatic heterocycles. The van der Waals surface area contributed by atoms with E-state index >= 15 is 0 Å². The van der Waals surface area contributed by atoms with Gasteiger partial charge < -0.3 is 30.8 Å². The molecule has 34 heavy (non-hydrogen) atoms. The summed E-state index contributed by atoms with van der Waals surface area (Å²) in [6.07, 6.45) is 4.97. The lowest BCUT2D eigenvalue weighted by atomic mass is 9.76. The fourth-order valence-corrected chi connectivity index (χ4v) is 5.18. The van der Waals surface area contributed by atoms with Crippen LogP contribution in [0.1, 0.15) is 27.2 Å². The van der Waals surface area contributed by atoms with Gasteiger partial charge >= 0.3 is 5.97 Å². The summed E-state index contributed by atoms with van der Waals surface area (Å²) >= 11 is 0. The molecule has 3 aromatic rings. The van der Waals surface area contributed by atoms with E-state index in [1.165, 1.54) is 0 Å². The van der Waals surface area contributed by atoms with E-state index in [2.05, 4.69) is 25.2 Å². The number of ether oxygens (including phenoxy) is 1. The highest BCUT2D eigenvalue weighted by Crippen LogP contribution is 2.40. The molecule has 2 aliphatic heterocycles. The number of aromatic carboxylic acids is 1. The molecule has 6 rings (SSSR count). The number of carboxylic acids is 1. The van der Waals surface area contributed by atoms with Gasteiger partial charge in [0.15, 0.2) is 5.82 Å². The van der Waals surface area contributed by atoms with Crippen LogP contribution in [0.2, 0.25) is 0 Å². The lowest BCUT2D eigenvalue weighted by Gasteiger charge is -2.41. The normalized spacial score (nSPS) is 18.7. The zero-order chi connectivity index (χ0) is 23.3. The highest BCUT2D eigenvalue weighted by Gasteiger charge is 2.44. The topological polar surface area (TPSA) is 142 Å². The van der Waals surface area contributed by atoms with Crippen LogP contribution in [0.25, 0.3) is 22.8 Å². The number of aromatic nitrogens is 4. The number of pyridine rings is 1. The highest BCUT2D eigenvalue weighted by molar-refractivity contribution is 5.95. The SMILES string of the molecule is NCC1(c2[nH]c3c(c2C(=O)O)CCc2cnc(-c4ccc(N5CCOCC5)nc4)nc2-3)CNC1. The number of nitrogens with one attached hydrogen (secondary N) is 2. The van der Waals surface area contributed by atoms with Crippen molar-refractivity contribution in [1.29, 1.82) is 0 Å². The van der Waals surface area contributed by atoms with Gasteiger partial charge in [0, 0.05) is 61.8 Å². The van der Waals surface area contributed by atoms with Gasteiger partial charge in [0.1, 0.15) is 5.82 Å². The van der Waals surface area contributed by atoms with Crippen molar-refractivity contribution in [3.05, 3.63) is 46.9 Å². The Bertz CT molecular complexity index is 1240. The molecule has 176 valence electrons. The summed E-state index contributed by atoms with van der Waals surface area (Å²) < 4.78 is 5.42. The minimum Gasteiger partial charge on any atom is -0.478 e. The first kappa shape index (κ1) is 21.2. The van der Waals surface area contributed by atoms with Gasteiger partial charge in [-0.1, -0.05) is 0 Å². The van der Waals surface area contributed by atoms with E-state index in [1.807, 2.05) is 18.3 Å². The number of nitrogens with two attached hydrogens (primary N) is 1.